The van der Waals surface area contributed by atoms with Crippen LogP contribution in [0.1, 0.15) is 37.3 Å². The average molecular weight is 314 g/mol. The van der Waals surface area contributed by atoms with E-state index in [1.54, 1.807) is 14.2 Å². The van der Waals surface area contributed by atoms with Crippen molar-refractivity contribution < 1.29 is 9.47 Å². The largest absolute Gasteiger partial charge is 0.493 e. The summed E-state index contributed by atoms with van der Waals surface area (Å²) in [6, 6.07) is 2.02. The molecule has 0 saturated heterocycles. The summed E-state index contributed by atoms with van der Waals surface area (Å²) in [5.41, 5.74) is 8.48. The highest BCUT2D eigenvalue weighted by Gasteiger charge is 2.40. The third kappa shape index (κ3) is 2.01. The first-order valence-corrected chi connectivity index (χ1v) is 7.09. The molecule has 0 bridgehead atoms. The van der Waals surface area contributed by atoms with Crippen LogP contribution in [0.3, 0.4) is 0 Å². The number of nitrogens with two attached hydrogens (primary N) is 1. The normalized spacial score (nSPS) is 17.2. The molecule has 0 heterocycles. The van der Waals surface area contributed by atoms with E-state index in [0.717, 1.165) is 40.8 Å². The number of methoxy groups -OCH3 is 2. The van der Waals surface area contributed by atoms with Crippen LogP contribution in [0.4, 0.5) is 0 Å². The molecule has 100 valence electrons. The van der Waals surface area contributed by atoms with E-state index in [1.165, 1.54) is 12.0 Å². The first kappa shape index (κ1) is 13.7. The van der Waals surface area contributed by atoms with Crippen LogP contribution in [-0.4, -0.2) is 14.2 Å². The predicted octanol–water partition coefficient (Wildman–Crippen LogP) is 3.37. The Balaban J connectivity index is 2.66. The van der Waals surface area contributed by atoms with Gasteiger partial charge in [0.1, 0.15) is 0 Å². The molecule has 1 saturated carbocycles. The Morgan fingerprint density at radius 2 is 2.00 bits per heavy atom. The van der Waals surface area contributed by atoms with Crippen LogP contribution in [0.25, 0.3) is 0 Å². The van der Waals surface area contributed by atoms with Crippen molar-refractivity contribution in [1.82, 2.24) is 0 Å². The Kier molecular flexibility index (Phi) is 3.87. The fourth-order valence-corrected chi connectivity index (χ4v) is 3.50. The molecular weight excluding hydrogens is 294 g/mol. The van der Waals surface area contributed by atoms with Gasteiger partial charge in [-0.1, -0.05) is 22.9 Å². The smallest absolute Gasteiger partial charge is 0.166 e. The monoisotopic (exact) mass is 313 g/mol. The summed E-state index contributed by atoms with van der Waals surface area (Å²) in [4.78, 5) is 0. The number of halogens is 1. The minimum absolute atomic E-state index is 0.275. The van der Waals surface area contributed by atoms with Gasteiger partial charge in [-0.05, 0) is 37.3 Å². The lowest BCUT2D eigenvalue weighted by Gasteiger charge is -2.40. The standard InChI is InChI=1S/C14H20BrNO2/c1-4-9-8-10(17-2)13(18-3)11(12(9)15)14(16)6-5-7-14/h8H,4-7,16H2,1-3H3. The van der Waals surface area contributed by atoms with Gasteiger partial charge in [-0.25, -0.2) is 0 Å². The molecule has 1 aromatic rings. The van der Waals surface area contributed by atoms with Crippen LogP contribution >= 0.6 is 15.9 Å². The Morgan fingerprint density at radius 1 is 1.33 bits per heavy atom. The van der Waals surface area contributed by atoms with Gasteiger partial charge in [0.05, 0.1) is 14.2 Å². The maximum atomic E-state index is 6.48. The molecule has 2 N–H and O–H groups in total. The molecule has 4 heteroatoms. The lowest BCUT2D eigenvalue weighted by molar-refractivity contribution is 0.239. The fraction of sp³-hybridized carbons (Fsp3) is 0.571. The molecular formula is C14H20BrNO2. The second kappa shape index (κ2) is 5.10. The third-order valence-electron chi connectivity index (χ3n) is 3.81. The van der Waals surface area contributed by atoms with Crippen molar-refractivity contribution in [1.29, 1.82) is 0 Å². The lowest BCUT2D eigenvalue weighted by atomic mass is 9.72. The van der Waals surface area contributed by atoms with Crippen molar-refractivity contribution >= 4 is 15.9 Å². The quantitative estimate of drug-likeness (QED) is 0.927. The van der Waals surface area contributed by atoms with Crippen molar-refractivity contribution in [3.05, 3.63) is 21.7 Å². The summed E-state index contributed by atoms with van der Waals surface area (Å²) >= 11 is 3.69. The molecule has 0 atom stereocenters. The number of aryl methyl sites for hydroxylation is 1. The Bertz CT molecular complexity index is 456. The molecule has 18 heavy (non-hydrogen) atoms. The third-order valence-corrected chi connectivity index (χ3v) is 4.71. The highest BCUT2D eigenvalue weighted by atomic mass is 79.9. The van der Waals surface area contributed by atoms with Crippen LogP contribution in [0.2, 0.25) is 0 Å². The van der Waals surface area contributed by atoms with E-state index in [0.29, 0.717) is 0 Å². The number of ether oxygens (including phenoxy) is 2. The molecule has 2 rings (SSSR count). The molecule has 1 aromatic carbocycles. The molecule has 3 nitrogen and oxygen atoms in total. The zero-order chi connectivity index (χ0) is 13.3. The van der Waals surface area contributed by atoms with Gasteiger partial charge in [-0.15, -0.1) is 0 Å². The van der Waals surface area contributed by atoms with Crippen molar-refractivity contribution in [2.45, 2.75) is 38.1 Å². The second-order valence-corrected chi connectivity index (χ2v) is 5.62. The van der Waals surface area contributed by atoms with Crippen LogP contribution in [0.5, 0.6) is 11.5 Å². The van der Waals surface area contributed by atoms with Crippen molar-refractivity contribution in [2.75, 3.05) is 14.2 Å². The fourth-order valence-electron chi connectivity index (χ4n) is 2.53. The van der Waals surface area contributed by atoms with Crippen molar-refractivity contribution in [2.24, 2.45) is 5.73 Å². The number of hydrogen-bond acceptors (Lipinski definition) is 3. The Labute approximate surface area is 117 Å². The first-order chi connectivity index (χ1) is 8.57. The van der Waals surface area contributed by atoms with Gasteiger partial charge in [0, 0.05) is 15.6 Å². The van der Waals surface area contributed by atoms with E-state index < -0.39 is 0 Å². The highest BCUT2D eigenvalue weighted by molar-refractivity contribution is 9.10. The van der Waals surface area contributed by atoms with Gasteiger partial charge in [0.25, 0.3) is 0 Å². The zero-order valence-corrected chi connectivity index (χ0v) is 12.8. The minimum atomic E-state index is -0.275. The zero-order valence-electron chi connectivity index (χ0n) is 11.2. The number of rotatable bonds is 4. The van der Waals surface area contributed by atoms with Crippen LogP contribution in [0.15, 0.2) is 10.5 Å². The summed E-state index contributed by atoms with van der Waals surface area (Å²) < 4.78 is 12.0. The van der Waals surface area contributed by atoms with Gasteiger partial charge in [0.15, 0.2) is 11.5 Å². The number of benzene rings is 1. The van der Waals surface area contributed by atoms with E-state index in [2.05, 4.69) is 22.9 Å². The maximum absolute atomic E-state index is 6.48. The van der Waals surface area contributed by atoms with Gasteiger partial charge < -0.3 is 15.2 Å². The van der Waals surface area contributed by atoms with E-state index in [9.17, 15) is 0 Å². The SMILES string of the molecule is CCc1cc(OC)c(OC)c(C2(N)CCC2)c1Br. The molecule has 1 aliphatic carbocycles. The van der Waals surface area contributed by atoms with Crippen LogP contribution < -0.4 is 15.2 Å². The maximum Gasteiger partial charge on any atom is 0.166 e. The molecule has 1 fully saturated rings. The first-order valence-electron chi connectivity index (χ1n) is 6.30. The topological polar surface area (TPSA) is 44.5 Å². The predicted molar refractivity (Wildman–Crippen MR) is 76.3 cm³/mol. The summed E-state index contributed by atoms with van der Waals surface area (Å²) in [6.07, 6.45) is 4.10. The molecule has 0 aromatic heterocycles. The summed E-state index contributed by atoms with van der Waals surface area (Å²) in [5, 5.41) is 0. The molecule has 0 spiro atoms. The van der Waals surface area contributed by atoms with E-state index in [-0.39, 0.29) is 5.54 Å². The summed E-state index contributed by atoms with van der Waals surface area (Å²) in [7, 11) is 3.33. The molecule has 0 aliphatic heterocycles. The summed E-state index contributed by atoms with van der Waals surface area (Å²) in [5.74, 6) is 1.54. The Morgan fingerprint density at radius 3 is 2.39 bits per heavy atom. The van der Waals surface area contributed by atoms with E-state index in [4.69, 9.17) is 15.2 Å². The van der Waals surface area contributed by atoms with Gasteiger partial charge in [0.2, 0.25) is 0 Å². The highest BCUT2D eigenvalue weighted by Crippen LogP contribution is 2.50. The van der Waals surface area contributed by atoms with E-state index >= 15 is 0 Å². The summed E-state index contributed by atoms with van der Waals surface area (Å²) in [6.45, 7) is 2.12. The van der Waals surface area contributed by atoms with Crippen LogP contribution in [0, 0.1) is 0 Å². The average Bonchev–Trinajstić information content (AvgIpc) is 2.35. The molecule has 0 radical (unpaired) electrons. The van der Waals surface area contributed by atoms with Gasteiger partial charge >= 0.3 is 0 Å². The van der Waals surface area contributed by atoms with Gasteiger partial charge in [-0.2, -0.15) is 0 Å². The van der Waals surface area contributed by atoms with Crippen molar-refractivity contribution in [3.63, 3.8) is 0 Å². The molecule has 1 aliphatic rings. The Hall–Kier alpha value is -0.740. The minimum Gasteiger partial charge on any atom is -0.493 e. The van der Waals surface area contributed by atoms with Crippen LogP contribution in [-0.2, 0) is 12.0 Å². The number of hydrogen-bond donors (Lipinski definition) is 1. The molecule has 0 unspecified atom stereocenters. The molecule has 0 amide bonds. The lowest BCUT2D eigenvalue weighted by Crippen LogP contribution is -2.44. The van der Waals surface area contributed by atoms with Gasteiger partial charge in [-0.3, -0.25) is 0 Å². The van der Waals surface area contributed by atoms with Crippen molar-refractivity contribution in [3.8, 4) is 11.5 Å². The second-order valence-electron chi connectivity index (χ2n) is 4.82. The van der Waals surface area contributed by atoms with E-state index in [1.807, 2.05) is 6.07 Å².